The quantitative estimate of drug-likeness (QED) is 0.572. The average Bonchev–Trinajstić information content (AvgIpc) is 2.39. The summed E-state index contributed by atoms with van der Waals surface area (Å²) in [5, 5.41) is 18.0. The summed E-state index contributed by atoms with van der Waals surface area (Å²) in [7, 11) is 0. The molecule has 0 spiro atoms. The van der Waals surface area contributed by atoms with Crippen LogP contribution in [0.5, 0.6) is 0 Å². The minimum atomic E-state index is -1.38. The summed E-state index contributed by atoms with van der Waals surface area (Å²) in [6, 6.07) is 0. The van der Waals surface area contributed by atoms with Gasteiger partial charge in [0.25, 0.3) is 0 Å². The van der Waals surface area contributed by atoms with E-state index >= 15 is 0 Å². The van der Waals surface area contributed by atoms with E-state index in [4.69, 9.17) is 14.9 Å². The minimum absolute atomic E-state index is 0.0493. The van der Waals surface area contributed by atoms with Crippen molar-refractivity contribution in [2.24, 2.45) is 0 Å². The van der Waals surface area contributed by atoms with E-state index < -0.39 is 24.3 Å². The number of carboxylic acid groups (broad SMARTS) is 2. The lowest BCUT2D eigenvalue weighted by Crippen LogP contribution is -2.23. The maximum atomic E-state index is 11.8. The summed E-state index contributed by atoms with van der Waals surface area (Å²) in [4.78, 5) is 33.8. The topological polar surface area (TPSA) is 101 Å². The molecule has 0 aromatic rings. The molecular weight excluding hydrogens is 264 g/mol. The predicted octanol–water partition coefficient (Wildman–Crippen LogP) is 2.13. The number of carboxylic acids is 2. The van der Waals surface area contributed by atoms with Gasteiger partial charge >= 0.3 is 17.9 Å². The van der Waals surface area contributed by atoms with Crippen LogP contribution in [0.2, 0.25) is 0 Å². The van der Waals surface area contributed by atoms with Crippen molar-refractivity contribution in [3.05, 3.63) is 11.1 Å². The van der Waals surface area contributed by atoms with Crippen LogP contribution in [-0.4, -0.2) is 34.2 Å². The molecule has 0 bridgehead atoms. The van der Waals surface area contributed by atoms with Gasteiger partial charge in [-0.2, -0.15) is 0 Å². The van der Waals surface area contributed by atoms with Gasteiger partial charge in [0.05, 0.1) is 12.0 Å². The first-order valence-electron chi connectivity index (χ1n) is 6.83. The molecule has 112 valence electrons. The smallest absolute Gasteiger partial charge is 0.332 e. The number of esters is 1. The van der Waals surface area contributed by atoms with Crippen LogP contribution in [0, 0.1) is 0 Å². The fourth-order valence-corrected chi connectivity index (χ4v) is 2.36. The Labute approximate surface area is 117 Å². The van der Waals surface area contributed by atoms with Crippen LogP contribution in [0.3, 0.4) is 0 Å². The van der Waals surface area contributed by atoms with Crippen LogP contribution in [-0.2, 0) is 19.1 Å². The van der Waals surface area contributed by atoms with Crippen molar-refractivity contribution >= 4 is 17.9 Å². The lowest BCUT2D eigenvalue weighted by atomic mass is 9.97. The molecule has 1 saturated carbocycles. The van der Waals surface area contributed by atoms with E-state index in [1.807, 2.05) is 0 Å². The van der Waals surface area contributed by atoms with E-state index in [0.717, 1.165) is 32.1 Å². The molecule has 0 atom stereocenters. The third kappa shape index (κ3) is 4.68. The van der Waals surface area contributed by atoms with Crippen LogP contribution in [0.4, 0.5) is 0 Å². The van der Waals surface area contributed by atoms with E-state index in [1.54, 1.807) is 6.92 Å². The molecule has 1 aliphatic rings. The van der Waals surface area contributed by atoms with Crippen LogP contribution < -0.4 is 0 Å². The molecule has 0 aromatic carbocycles. The van der Waals surface area contributed by atoms with Crippen LogP contribution in [0.15, 0.2) is 11.1 Å². The van der Waals surface area contributed by atoms with Crippen molar-refractivity contribution in [3.8, 4) is 0 Å². The highest BCUT2D eigenvalue weighted by Crippen LogP contribution is 2.22. The summed E-state index contributed by atoms with van der Waals surface area (Å²) < 4.78 is 5.22. The highest BCUT2D eigenvalue weighted by molar-refractivity contribution is 6.01. The van der Waals surface area contributed by atoms with Gasteiger partial charge in [-0.3, -0.25) is 4.79 Å². The van der Waals surface area contributed by atoms with E-state index in [2.05, 4.69) is 0 Å². The van der Waals surface area contributed by atoms with Gasteiger partial charge in [0.1, 0.15) is 6.10 Å². The molecule has 0 amide bonds. The zero-order valence-corrected chi connectivity index (χ0v) is 11.6. The first-order chi connectivity index (χ1) is 9.45. The number of carbonyl (C=O) groups is 3. The first-order valence-corrected chi connectivity index (χ1v) is 6.83. The number of hydrogen-bond donors (Lipinski definition) is 2. The van der Waals surface area contributed by atoms with Crippen LogP contribution in [0.1, 0.15) is 51.9 Å². The van der Waals surface area contributed by atoms with Crippen molar-refractivity contribution in [1.82, 2.24) is 0 Å². The molecule has 2 N–H and O–H groups in total. The molecular formula is C14H20O6. The molecule has 0 saturated heterocycles. The van der Waals surface area contributed by atoms with Crippen molar-refractivity contribution in [3.63, 3.8) is 0 Å². The number of hydrogen-bond acceptors (Lipinski definition) is 4. The Morgan fingerprint density at radius 3 is 2.00 bits per heavy atom. The second kappa shape index (κ2) is 7.67. The van der Waals surface area contributed by atoms with Gasteiger partial charge < -0.3 is 14.9 Å². The lowest BCUT2D eigenvalue weighted by Gasteiger charge is -2.22. The van der Waals surface area contributed by atoms with Gasteiger partial charge in [0.15, 0.2) is 0 Å². The predicted molar refractivity (Wildman–Crippen MR) is 70.2 cm³/mol. The van der Waals surface area contributed by atoms with Gasteiger partial charge in [-0.15, -0.1) is 0 Å². The third-order valence-corrected chi connectivity index (χ3v) is 3.41. The number of ether oxygens (including phenoxy) is 1. The van der Waals surface area contributed by atoms with Crippen molar-refractivity contribution in [2.45, 2.75) is 58.0 Å². The lowest BCUT2D eigenvalue weighted by molar-refractivity contribution is -0.151. The van der Waals surface area contributed by atoms with Crippen LogP contribution in [0.25, 0.3) is 0 Å². The van der Waals surface area contributed by atoms with Crippen LogP contribution >= 0.6 is 0 Å². The van der Waals surface area contributed by atoms with E-state index in [0.29, 0.717) is 0 Å². The largest absolute Gasteiger partial charge is 0.478 e. The standard InChI is InChI=1S/C14H20O6/c1-2-10(13(16)17)11(14(18)19)8-12(15)20-9-6-4-3-5-7-9/h9H,2-8H2,1H3,(H,16,17)(H,18,19). The van der Waals surface area contributed by atoms with E-state index in [9.17, 15) is 14.4 Å². The summed E-state index contributed by atoms with van der Waals surface area (Å²) in [6.07, 6.45) is 4.07. The monoisotopic (exact) mass is 284 g/mol. The van der Waals surface area contributed by atoms with Gasteiger partial charge in [-0.05, 0) is 32.1 Å². The van der Waals surface area contributed by atoms with Crippen molar-refractivity contribution in [1.29, 1.82) is 0 Å². The SMILES string of the molecule is CCC(C(=O)O)=C(CC(=O)OC1CCCCC1)C(=O)O. The number of rotatable bonds is 6. The minimum Gasteiger partial charge on any atom is -0.478 e. The Morgan fingerprint density at radius 1 is 1.00 bits per heavy atom. The summed E-state index contributed by atoms with van der Waals surface area (Å²) in [5.74, 6) is -3.36. The fraction of sp³-hybridized carbons (Fsp3) is 0.643. The Balaban J connectivity index is 2.72. The molecule has 0 unspecified atom stereocenters. The molecule has 0 heterocycles. The zero-order valence-electron chi connectivity index (χ0n) is 11.6. The number of aliphatic carboxylic acids is 2. The molecule has 20 heavy (non-hydrogen) atoms. The van der Waals surface area contributed by atoms with E-state index in [-0.39, 0.29) is 23.7 Å². The molecule has 1 rings (SSSR count). The molecule has 0 radical (unpaired) electrons. The fourth-order valence-electron chi connectivity index (χ4n) is 2.36. The van der Waals surface area contributed by atoms with Gasteiger partial charge in [0, 0.05) is 5.57 Å². The highest BCUT2D eigenvalue weighted by Gasteiger charge is 2.24. The van der Waals surface area contributed by atoms with Gasteiger partial charge in [-0.1, -0.05) is 13.3 Å². The van der Waals surface area contributed by atoms with Crippen molar-refractivity contribution in [2.75, 3.05) is 0 Å². The average molecular weight is 284 g/mol. The van der Waals surface area contributed by atoms with E-state index in [1.165, 1.54) is 0 Å². The molecule has 1 aliphatic carbocycles. The maximum Gasteiger partial charge on any atom is 0.332 e. The summed E-state index contributed by atoms with van der Waals surface area (Å²) in [5.41, 5.74) is -0.640. The normalized spacial score (nSPS) is 17.2. The summed E-state index contributed by atoms with van der Waals surface area (Å²) >= 11 is 0. The van der Waals surface area contributed by atoms with Gasteiger partial charge in [-0.25, -0.2) is 9.59 Å². The Kier molecular flexibility index (Phi) is 6.21. The highest BCUT2D eigenvalue weighted by atomic mass is 16.5. The van der Waals surface area contributed by atoms with Crippen molar-refractivity contribution < 1.29 is 29.3 Å². The number of carbonyl (C=O) groups excluding carboxylic acids is 1. The molecule has 6 nitrogen and oxygen atoms in total. The molecule has 0 aliphatic heterocycles. The zero-order chi connectivity index (χ0) is 15.1. The summed E-state index contributed by atoms with van der Waals surface area (Å²) in [6.45, 7) is 1.54. The maximum absolute atomic E-state index is 11.8. The molecule has 6 heteroatoms. The molecule has 0 aromatic heterocycles. The van der Waals surface area contributed by atoms with Gasteiger partial charge in [0.2, 0.25) is 0 Å². The molecule has 1 fully saturated rings. The Hall–Kier alpha value is -1.85. The Bertz CT molecular complexity index is 417. The second-order valence-corrected chi connectivity index (χ2v) is 4.85. The Morgan fingerprint density at radius 2 is 1.55 bits per heavy atom. The second-order valence-electron chi connectivity index (χ2n) is 4.85. The third-order valence-electron chi connectivity index (χ3n) is 3.41. The first kappa shape index (κ1) is 16.2.